The molecule has 0 bridgehead atoms. The van der Waals surface area contributed by atoms with Crippen molar-refractivity contribution in [2.75, 3.05) is 0 Å². The van der Waals surface area contributed by atoms with Crippen molar-refractivity contribution in [1.82, 2.24) is 0 Å². The van der Waals surface area contributed by atoms with Gasteiger partial charge in [0.15, 0.2) is 0 Å². The van der Waals surface area contributed by atoms with E-state index in [9.17, 15) is 20.1 Å². The highest BCUT2D eigenvalue weighted by atomic mass is 16.3. The number of carbonyl (C=O) groups is 1. The second-order valence-corrected chi connectivity index (χ2v) is 10.2. The molecule has 4 fully saturated rings. The molecule has 10 atom stereocenters. The SMILES string of the molecule is CC(=O)[C@H]1CC[C@H]2[C@H]3[C@H]([C@H](O)C[C@]12C)[C@@]1(C)CC[C@H](O)CC1C[C@H]3O. The lowest BCUT2D eigenvalue weighted by atomic mass is 9.43. The van der Waals surface area contributed by atoms with E-state index in [2.05, 4.69) is 13.8 Å². The molecule has 142 valence electrons. The first kappa shape index (κ1) is 17.9. The van der Waals surface area contributed by atoms with Crippen molar-refractivity contribution in [1.29, 1.82) is 0 Å². The summed E-state index contributed by atoms with van der Waals surface area (Å²) in [6, 6.07) is 0. The van der Waals surface area contributed by atoms with Crippen molar-refractivity contribution in [2.24, 2.45) is 40.4 Å². The largest absolute Gasteiger partial charge is 0.393 e. The number of ketones is 1. The van der Waals surface area contributed by atoms with Crippen LogP contribution in [0.15, 0.2) is 0 Å². The van der Waals surface area contributed by atoms with Crippen LogP contribution >= 0.6 is 0 Å². The fraction of sp³-hybridized carbons (Fsp3) is 0.952. The molecule has 0 radical (unpaired) electrons. The first-order valence-electron chi connectivity index (χ1n) is 10.2. The lowest BCUT2D eigenvalue weighted by molar-refractivity contribution is -0.211. The zero-order valence-corrected chi connectivity index (χ0v) is 15.8. The lowest BCUT2D eigenvalue weighted by Crippen LogP contribution is -2.63. The van der Waals surface area contributed by atoms with Crippen LogP contribution in [-0.2, 0) is 4.79 Å². The summed E-state index contributed by atoms with van der Waals surface area (Å²) in [4.78, 5) is 12.2. The zero-order chi connectivity index (χ0) is 18.1. The summed E-state index contributed by atoms with van der Waals surface area (Å²) in [6.45, 7) is 6.16. The Morgan fingerprint density at radius 1 is 0.960 bits per heavy atom. The number of fused-ring (bicyclic) bond motifs is 5. The predicted molar refractivity (Wildman–Crippen MR) is 94.7 cm³/mol. The minimum absolute atomic E-state index is 0.00180. The lowest BCUT2D eigenvalue weighted by Gasteiger charge is -2.63. The Balaban J connectivity index is 1.72. The summed E-state index contributed by atoms with van der Waals surface area (Å²) in [5.74, 6) is 1.07. The minimum Gasteiger partial charge on any atom is -0.393 e. The summed E-state index contributed by atoms with van der Waals surface area (Å²) in [7, 11) is 0. The monoisotopic (exact) mass is 350 g/mol. The Kier molecular flexibility index (Phi) is 4.14. The third kappa shape index (κ3) is 2.40. The molecule has 0 heterocycles. The topological polar surface area (TPSA) is 77.8 Å². The Hall–Kier alpha value is -0.450. The zero-order valence-electron chi connectivity index (χ0n) is 15.8. The third-order valence-corrected chi connectivity index (χ3v) is 9.08. The molecule has 4 aliphatic rings. The van der Waals surface area contributed by atoms with Gasteiger partial charge in [-0.25, -0.2) is 0 Å². The van der Waals surface area contributed by atoms with E-state index in [1.54, 1.807) is 6.92 Å². The standard InChI is InChI=1S/C21H34O4/c1-11(22)14-4-5-15-18-16(24)9-12-8-13(23)6-7-20(12,2)19(18)17(25)10-21(14,15)3/h12-19,23-25H,4-10H2,1-3H3/t12?,13-,14+,15-,16+,17+,18+,19-,20-,21+/m0/s1. The molecule has 0 aromatic rings. The molecule has 4 rings (SSSR count). The second kappa shape index (κ2) is 5.77. The Morgan fingerprint density at radius 3 is 2.36 bits per heavy atom. The third-order valence-electron chi connectivity index (χ3n) is 9.08. The van der Waals surface area contributed by atoms with Gasteiger partial charge in [0.25, 0.3) is 0 Å². The Bertz CT molecular complexity index is 562. The minimum atomic E-state index is -0.455. The molecule has 1 unspecified atom stereocenters. The number of aliphatic hydroxyl groups is 3. The molecule has 0 aromatic carbocycles. The van der Waals surface area contributed by atoms with E-state index in [0.717, 1.165) is 38.5 Å². The molecular formula is C21H34O4. The smallest absolute Gasteiger partial charge is 0.133 e. The molecule has 0 amide bonds. The van der Waals surface area contributed by atoms with Crippen molar-refractivity contribution in [3.05, 3.63) is 0 Å². The summed E-state index contributed by atoms with van der Waals surface area (Å²) >= 11 is 0. The fourth-order valence-electron chi connectivity index (χ4n) is 7.98. The summed E-state index contributed by atoms with van der Waals surface area (Å²) in [5, 5.41) is 32.4. The van der Waals surface area contributed by atoms with Crippen LogP contribution in [0.25, 0.3) is 0 Å². The van der Waals surface area contributed by atoms with Crippen molar-refractivity contribution in [3.8, 4) is 0 Å². The number of hydrogen-bond acceptors (Lipinski definition) is 4. The molecule has 3 N–H and O–H groups in total. The number of Topliss-reactive ketones (excluding diaryl/α,β-unsaturated/α-hetero) is 1. The molecule has 4 aliphatic carbocycles. The van der Waals surface area contributed by atoms with E-state index in [-0.39, 0.29) is 46.4 Å². The Labute approximate surface area is 151 Å². The van der Waals surface area contributed by atoms with Gasteiger partial charge in [-0.05, 0) is 86.4 Å². The number of rotatable bonds is 1. The van der Waals surface area contributed by atoms with Gasteiger partial charge in [-0.2, -0.15) is 0 Å². The maximum Gasteiger partial charge on any atom is 0.133 e. The average molecular weight is 350 g/mol. The molecule has 4 heteroatoms. The summed E-state index contributed by atoms with van der Waals surface area (Å²) in [5.41, 5.74) is -0.178. The quantitative estimate of drug-likeness (QED) is 0.679. The van der Waals surface area contributed by atoms with Crippen LogP contribution in [0.4, 0.5) is 0 Å². The van der Waals surface area contributed by atoms with Gasteiger partial charge in [-0.1, -0.05) is 13.8 Å². The van der Waals surface area contributed by atoms with Crippen LogP contribution in [0, 0.1) is 40.4 Å². The van der Waals surface area contributed by atoms with Crippen LogP contribution in [0.3, 0.4) is 0 Å². The van der Waals surface area contributed by atoms with Gasteiger partial charge in [0.05, 0.1) is 18.3 Å². The van der Waals surface area contributed by atoms with E-state index in [0.29, 0.717) is 12.3 Å². The average Bonchev–Trinajstić information content (AvgIpc) is 2.85. The van der Waals surface area contributed by atoms with E-state index < -0.39 is 12.2 Å². The van der Waals surface area contributed by atoms with E-state index in [4.69, 9.17) is 0 Å². The molecule has 25 heavy (non-hydrogen) atoms. The van der Waals surface area contributed by atoms with Gasteiger partial charge >= 0.3 is 0 Å². The number of aliphatic hydroxyl groups excluding tert-OH is 3. The van der Waals surface area contributed by atoms with Crippen LogP contribution in [-0.4, -0.2) is 39.4 Å². The second-order valence-electron chi connectivity index (χ2n) is 10.2. The Morgan fingerprint density at radius 2 is 1.68 bits per heavy atom. The van der Waals surface area contributed by atoms with Crippen molar-refractivity contribution >= 4 is 5.78 Å². The summed E-state index contributed by atoms with van der Waals surface area (Å²) in [6.07, 6.45) is 4.66. The van der Waals surface area contributed by atoms with Gasteiger partial charge in [-0.15, -0.1) is 0 Å². The van der Waals surface area contributed by atoms with Crippen molar-refractivity contribution < 1.29 is 20.1 Å². The van der Waals surface area contributed by atoms with Crippen LogP contribution in [0.2, 0.25) is 0 Å². The number of carbonyl (C=O) groups excluding carboxylic acids is 1. The molecule has 0 aliphatic heterocycles. The molecule has 0 saturated heterocycles. The van der Waals surface area contributed by atoms with Gasteiger partial charge in [0, 0.05) is 5.92 Å². The van der Waals surface area contributed by atoms with Gasteiger partial charge in [0.1, 0.15) is 5.78 Å². The van der Waals surface area contributed by atoms with Crippen LogP contribution < -0.4 is 0 Å². The maximum atomic E-state index is 12.2. The molecule has 0 aromatic heterocycles. The highest BCUT2D eigenvalue weighted by Gasteiger charge is 2.65. The van der Waals surface area contributed by atoms with Gasteiger partial charge < -0.3 is 15.3 Å². The summed E-state index contributed by atoms with van der Waals surface area (Å²) < 4.78 is 0. The van der Waals surface area contributed by atoms with Crippen molar-refractivity contribution in [2.45, 2.75) is 84.0 Å². The molecule has 0 spiro atoms. The predicted octanol–water partition coefficient (Wildman–Crippen LogP) is 2.54. The van der Waals surface area contributed by atoms with Crippen LogP contribution in [0.5, 0.6) is 0 Å². The van der Waals surface area contributed by atoms with Gasteiger partial charge in [0.2, 0.25) is 0 Å². The van der Waals surface area contributed by atoms with E-state index in [1.165, 1.54) is 0 Å². The maximum absolute atomic E-state index is 12.2. The van der Waals surface area contributed by atoms with E-state index >= 15 is 0 Å². The molecule has 4 nitrogen and oxygen atoms in total. The first-order valence-corrected chi connectivity index (χ1v) is 10.2. The van der Waals surface area contributed by atoms with Crippen LogP contribution in [0.1, 0.15) is 65.7 Å². The molecule has 4 saturated carbocycles. The van der Waals surface area contributed by atoms with Gasteiger partial charge in [-0.3, -0.25) is 4.79 Å². The number of hydrogen-bond donors (Lipinski definition) is 3. The van der Waals surface area contributed by atoms with E-state index in [1.807, 2.05) is 0 Å². The molecular weight excluding hydrogens is 316 g/mol. The fourth-order valence-corrected chi connectivity index (χ4v) is 7.98. The normalized spacial score (nSPS) is 58.2. The van der Waals surface area contributed by atoms with Crippen molar-refractivity contribution in [3.63, 3.8) is 0 Å². The highest BCUT2D eigenvalue weighted by molar-refractivity contribution is 5.79. The highest BCUT2D eigenvalue weighted by Crippen LogP contribution is 2.67. The first-order chi connectivity index (χ1) is 11.7.